The number of hydrogen-bond acceptors (Lipinski definition) is 5. The van der Waals surface area contributed by atoms with E-state index in [9.17, 15) is 9.59 Å². The molecule has 0 heterocycles. The first kappa shape index (κ1) is 12.8. The predicted molar refractivity (Wildman–Crippen MR) is 58.1 cm³/mol. The van der Waals surface area contributed by atoms with Gasteiger partial charge in [-0.15, -0.1) is 0 Å². The van der Waals surface area contributed by atoms with Crippen molar-refractivity contribution in [2.75, 3.05) is 21.3 Å². The molecule has 0 fully saturated rings. The molecular weight excluding hydrogens is 228 g/mol. The third-order valence-corrected chi connectivity index (χ3v) is 2.12. The standard InChI is InChI=1S/C11H12O6/c1-15-7-4-6(9(12)11(13)14)5-8(16-2)10(7)17-3/h4-5H,1-3H3,(H,13,14). The first-order valence-corrected chi connectivity index (χ1v) is 4.62. The molecular formula is C11H12O6. The van der Waals surface area contributed by atoms with Crippen LogP contribution in [-0.2, 0) is 4.79 Å². The van der Waals surface area contributed by atoms with Gasteiger partial charge in [-0.1, -0.05) is 0 Å². The number of carbonyl (C=O) groups excluding carboxylic acids is 1. The molecule has 92 valence electrons. The molecule has 0 amide bonds. The number of carbonyl (C=O) groups is 2. The molecule has 0 radical (unpaired) electrons. The zero-order chi connectivity index (χ0) is 13.0. The lowest BCUT2D eigenvalue weighted by Gasteiger charge is -2.12. The van der Waals surface area contributed by atoms with Crippen molar-refractivity contribution < 1.29 is 28.9 Å². The van der Waals surface area contributed by atoms with Crippen LogP contribution in [0.5, 0.6) is 17.2 Å². The normalized spacial score (nSPS) is 9.59. The molecule has 0 aromatic heterocycles. The second-order valence-electron chi connectivity index (χ2n) is 3.05. The van der Waals surface area contributed by atoms with Gasteiger partial charge >= 0.3 is 5.97 Å². The van der Waals surface area contributed by atoms with Gasteiger partial charge in [0.2, 0.25) is 5.75 Å². The molecule has 0 bridgehead atoms. The molecule has 0 aliphatic rings. The van der Waals surface area contributed by atoms with E-state index in [-0.39, 0.29) is 17.1 Å². The summed E-state index contributed by atoms with van der Waals surface area (Å²) in [7, 11) is 4.18. The molecule has 0 saturated heterocycles. The summed E-state index contributed by atoms with van der Waals surface area (Å²) in [5.41, 5.74) is -0.0352. The number of ketones is 1. The fraction of sp³-hybridized carbons (Fsp3) is 0.273. The topological polar surface area (TPSA) is 82.1 Å². The number of benzene rings is 1. The van der Waals surface area contributed by atoms with Crippen LogP contribution in [0.15, 0.2) is 12.1 Å². The largest absolute Gasteiger partial charge is 0.493 e. The number of methoxy groups -OCH3 is 3. The summed E-state index contributed by atoms with van der Waals surface area (Å²) in [4.78, 5) is 21.9. The van der Waals surface area contributed by atoms with Crippen LogP contribution in [0.25, 0.3) is 0 Å². The van der Waals surface area contributed by atoms with E-state index in [1.165, 1.54) is 33.5 Å². The van der Waals surface area contributed by atoms with Crippen LogP contribution in [0.4, 0.5) is 0 Å². The van der Waals surface area contributed by atoms with Crippen molar-refractivity contribution in [1.82, 2.24) is 0 Å². The molecule has 6 nitrogen and oxygen atoms in total. The molecule has 6 heteroatoms. The summed E-state index contributed by atoms with van der Waals surface area (Å²) in [6.45, 7) is 0. The molecule has 1 aromatic carbocycles. The van der Waals surface area contributed by atoms with E-state index < -0.39 is 11.8 Å². The number of ether oxygens (including phenoxy) is 3. The lowest BCUT2D eigenvalue weighted by molar-refractivity contribution is -0.131. The Morgan fingerprint density at radius 3 is 1.76 bits per heavy atom. The van der Waals surface area contributed by atoms with Gasteiger partial charge in [-0.3, -0.25) is 4.79 Å². The van der Waals surface area contributed by atoms with Gasteiger partial charge in [-0.2, -0.15) is 0 Å². The van der Waals surface area contributed by atoms with Crippen molar-refractivity contribution in [2.45, 2.75) is 0 Å². The Morgan fingerprint density at radius 2 is 1.47 bits per heavy atom. The maximum Gasteiger partial charge on any atom is 0.377 e. The van der Waals surface area contributed by atoms with Gasteiger partial charge < -0.3 is 19.3 Å². The van der Waals surface area contributed by atoms with Crippen molar-refractivity contribution in [1.29, 1.82) is 0 Å². The predicted octanol–water partition coefficient (Wildman–Crippen LogP) is 0.980. The van der Waals surface area contributed by atoms with E-state index in [1.54, 1.807) is 0 Å². The molecule has 0 spiro atoms. The minimum absolute atomic E-state index is 0.0352. The Labute approximate surface area is 97.7 Å². The minimum Gasteiger partial charge on any atom is -0.493 e. The van der Waals surface area contributed by atoms with E-state index in [4.69, 9.17) is 19.3 Å². The minimum atomic E-state index is -1.54. The monoisotopic (exact) mass is 240 g/mol. The van der Waals surface area contributed by atoms with E-state index in [0.29, 0.717) is 5.75 Å². The summed E-state index contributed by atoms with van der Waals surface area (Å²) in [6, 6.07) is 2.58. The molecule has 0 saturated carbocycles. The van der Waals surface area contributed by atoms with Crippen LogP contribution in [0, 0.1) is 0 Å². The van der Waals surface area contributed by atoms with Crippen LogP contribution in [-0.4, -0.2) is 38.2 Å². The van der Waals surface area contributed by atoms with Gasteiger partial charge in [0.15, 0.2) is 11.5 Å². The van der Waals surface area contributed by atoms with Gasteiger partial charge in [-0.05, 0) is 12.1 Å². The average Bonchev–Trinajstić information content (AvgIpc) is 2.35. The zero-order valence-electron chi connectivity index (χ0n) is 9.64. The Hall–Kier alpha value is -2.24. The lowest BCUT2D eigenvalue weighted by Crippen LogP contribution is -2.13. The van der Waals surface area contributed by atoms with Gasteiger partial charge in [-0.25, -0.2) is 4.79 Å². The number of Topliss-reactive ketones (excluding diaryl/α,β-unsaturated/α-hetero) is 1. The molecule has 0 unspecified atom stereocenters. The van der Waals surface area contributed by atoms with Gasteiger partial charge in [0.1, 0.15) is 0 Å². The Balaban J connectivity index is 3.37. The van der Waals surface area contributed by atoms with Crippen LogP contribution >= 0.6 is 0 Å². The summed E-state index contributed by atoms with van der Waals surface area (Å²) in [6.07, 6.45) is 0. The van der Waals surface area contributed by atoms with Crippen molar-refractivity contribution >= 4 is 11.8 Å². The fourth-order valence-corrected chi connectivity index (χ4v) is 1.34. The van der Waals surface area contributed by atoms with E-state index in [2.05, 4.69) is 0 Å². The molecule has 17 heavy (non-hydrogen) atoms. The van der Waals surface area contributed by atoms with Crippen molar-refractivity contribution in [2.24, 2.45) is 0 Å². The molecule has 1 N–H and O–H groups in total. The number of carboxylic acids is 1. The van der Waals surface area contributed by atoms with Gasteiger partial charge in [0.25, 0.3) is 5.78 Å². The van der Waals surface area contributed by atoms with Crippen molar-refractivity contribution in [3.8, 4) is 17.2 Å². The Bertz CT molecular complexity index is 426. The Kier molecular flexibility index (Phi) is 3.92. The van der Waals surface area contributed by atoms with E-state index >= 15 is 0 Å². The van der Waals surface area contributed by atoms with Crippen molar-refractivity contribution in [3.63, 3.8) is 0 Å². The second-order valence-corrected chi connectivity index (χ2v) is 3.05. The van der Waals surface area contributed by atoms with Crippen LogP contribution in [0.3, 0.4) is 0 Å². The highest BCUT2D eigenvalue weighted by Crippen LogP contribution is 2.38. The highest BCUT2D eigenvalue weighted by Gasteiger charge is 2.20. The summed E-state index contributed by atoms with van der Waals surface area (Å²) >= 11 is 0. The number of aliphatic carboxylic acids is 1. The second kappa shape index (κ2) is 5.20. The quantitative estimate of drug-likeness (QED) is 0.610. The Morgan fingerprint density at radius 1 is 1.00 bits per heavy atom. The van der Waals surface area contributed by atoms with E-state index in [1.807, 2.05) is 0 Å². The van der Waals surface area contributed by atoms with Crippen LogP contribution in [0.2, 0.25) is 0 Å². The first-order chi connectivity index (χ1) is 8.04. The highest BCUT2D eigenvalue weighted by atomic mass is 16.5. The first-order valence-electron chi connectivity index (χ1n) is 4.62. The van der Waals surface area contributed by atoms with Gasteiger partial charge in [0.05, 0.1) is 21.3 Å². The third kappa shape index (κ3) is 2.47. The third-order valence-electron chi connectivity index (χ3n) is 2.12. The maximum atomic E-state index is 11.3. The SMILES string of the molecule is COc1cc(C(=O)C(=O)O)cc(OC)c1OC. The van der Waals surface area contributed by atoms with E-state index in [0.717, 1.165) is 0 Å². The molecule has 0 atom stereocenters. The maximum absolute atomic E-state index is 11.3. The fourth-order valence-electron chi connectivity index (χ4n) is 1.34. The summed E-state index contributed by atoms with van der Waals surface area (Å²) in [5, 5.41) is 8.63. The number of carboxylic acid groups (broad SMARTS) is 1. The van der Waals surface area contributed by atoms with Crippen LogP contribution < -0.4 is 14.2 Å². The number of rotatable bonds is 5. The molecule has 0 aliphatic carbocycles. The molecule has 0 aliphatic heterocycles. The van der Waals surface area contributed by atoms with Gasteiger partial charge in [0, 0.05) is 5.56 Å². The highest BCUT2D eigenvalue weighted by molar-refractivity contribution is 6.40. The average molecular weight is 240 g/mol. The molecule has 1 aromatic rings. The van der Waals surface area contributed by atoms with Crippen molar-refractivity contribution in [3.05, 3.63) is 17.7 Å². The lowest BCUT2D eigenvalue weighted by atomic mass is 10.1. The summed E-state index contributed by atoms with van der Waals surface area (Å²) in [5.74, 6) is -1.81. The number of hydrogen-bond donors (Lipinski definition) is 1. The van der Waals surface area contributed by atoms with Crippen LogP contribution in [0.1, 0.15) is 10.4 Å². The summed E-state index contributed by atoms with van der Waals surface area (Å²) < 4.78 is 15.0. The zero-order valence-corrected chi connectivity index (χ0v) is 9.64. The molecule has 1 rings (SSSR count). The smallest absolute Gasteiger partial charge is 0.377 e.